The summed E-state index contributed by atoms with van der Waals surface area (Å²) < 4.78 is 0. The largest absolute Gasteiger partial charge is 0.354 e. The molecule has 0 aliphatic heterocycles. The van der Waals surface area contributed by atoms with Crippen LogP contribution in [-0.2, 0) is 6.42 Å². The maximum absolute atomic E-state index is 12.4. The predicted molar refractivity (Wildman–Crippen MR) is 95.9 cm³/mol. The molecule has 7 heteroatoms. The molecule has 0 spiro atoms. The highest BCUT2D eigenvalue weighted by Gasteiger charge is 2.22. The SMILES string of the molecule is CCCc1c(C(=O)NNC(=O)c2ccc(Cl)cc2)[nH]c(C)c1C(C)=O. The molecule has 132 valence electrons. The molecule has 0 fully saturated rings. The molecule has 0 unspecified atom stereocenters. The Morgan fingerprint density at radius 3 is 2.24 bits per heavy atom. The van der Waals surface area contributed by atoms with Crippen LogP contribution in [0.25, 0.3) is 0 Å². The van der Waals surface area contributed by atoms with E-state index in [0.29, 0.717) is 39.5 Å². The second kappa shape index (κ2) is 7.98. The summed E-state index contributed by atoms with van der Waals surface area (Å²) in [7, 11) is 0. The van der Waals surface area contributed by atoms with E-state index in [4.69, 9.17) is 11.6 Å². The Morgan fingerprint density at radius 2 is 1.68 bits per heavy atom. The number of amides is 2. The van der Waals surface area contributed by atoms with Crippen molar-refractivity contribution in [1.82, 2.24) is 15.8 Å². The Bertz CT molecular complexity index is 810. The molecule has 1 aromatic heterocycles. The number of H-pyrrole nitrogens is 1. The molecule has 0 aliphatic rings. The van der Waals surface area contributed by atoms with Gasteiger partial charge in [0, 0.05) is 21.8 Å². The van der Waals surface area contributed by atoms with Gasteiger partial charge >= 0.3 is 0 Å². The van der Waals surface area contributed by atoms with Crippen molar-refractivity contribution in [3.8, 4) is 0 Å². The Balaban J connectivity index is 2.15. The number of hydrogen-bond acceptors (Lipinski definition) is 3. The van der Waals surface area contributed by atoms with E-state index in [0.717, 1.165) is 6.42 Å². The summed E-state index contributed by atoms with van der Waals surface area (Å²) in [5.74, 6) is -1.06. The number of benzene rings is 1. The molecule has 3 N–H and O–H groups in total. The average molecular weight is 362 g/mol. The third-order valence-corrected chi connectivity index (χ3v) is 4.02. The van der Waals surface area contributed by atoms with E-state index in [1.54, 1.807) is 31.2 Å². The number of Topliss-reactive ketones (excluding diaryl/α,β-unsaturated/α-hetero) is 1. The summed E-state index contributed by atoms with van der Waals surface area (Å²) in [4.78, 5) is 39.3. The van der Waals surface area contributed by atoms with Crippen LogP contribution in [-0.4, -0.2) is 22.6 Å². The van der Waals surface area contributed by atoms with Crippen molar-refractivity contribution < 1.29 is 14.4 Å². The lowest BCUT2D eigenvalue weighted by Crippen LogP contribution is -2.42. The summed E-state index contributed by atoms with van der Waals surface area (Å²) in [6.07, 6.45) is 1.38. The molecule has 1 heterocycles. The number of aryl methyl sites for hydroxylation is 1. The van der Waals surface area contributed by atoms with Crippen LogP contribution < -0.4 is 10.9 Å². The first-order chi connectivity index (χ1) is 11.8. The first kappa shape index (κ1) is 18.7. The Hall–Kier alpha value is -2.60. The number of carbonyl (C=O) groups excluding carboxylic acids is 3. The van der Waals surface area contributed by atoms with Gasteiger partial charge in [0.15, 0.2) is 5.78 Å². The smallest absolute Gasteiger partial charge is 0.286 e. The summed E-state index contributed by atoms with van der Waals surface area (Å²) in [6.45, 7) is 5.19. The molecule has 2 amide bonds. The lowest BCUT2D eigenvalue weighted by molar-refractivity contribution is 0.0843. The minimum atomic E-state index is -0.499. The van der Waals surface area contributed by atoms with E-state index in [9.17, 15) is 14.4 Å². The maximum Gasteiger partial charge on any atom is 0.286 e. The molecular formula is C18H20ClN3O3. The van der Waals surface area contributed by atoms with E-state index < -0.39 is 11.8 Å². The zero-order valence-electron chi connectivity index (χ0n) is 14.3. The molecule has 0 atom stereocenters. The summed E-state index contributed by atoms with van der Waals surface area (Å²) in [6, 6.07) is 6.29. The number of ketones is 1. The number of nitrogens with one attached hydrogen (secondary N) is 3. The van der Waals surface area contributed by atoms with Crippen LogP contribution in [0.4, 0.5) is 0 Å². The highest BCUT2D eigenvalue weighted by Crippen LogP contribution is 2.21. The average Bonchev–Trinajstić information content (AvgIpc) is 2.90. The molecule has 0 saturated heterocycles. The van der Waals surface area contributed by atoms with Crippen LogP contribution in [0.1, 0.15) is 62.7 Å². The topological polar surface area (TPSA) is 91.1 Å². The van der Waals surface area contributed by atoms with E-state index >= 15 is 0 Å². The van der Waals surface area contributed by atoms with Gasteiger partial charge in [0.2, 0.25) is 0 Å². The lowest BCUT2D eigenvalue weighted by atomic mass is 10.0. The Kier molecular flexibility index (Phi) is 5.98. The van der Waals surface area contributed by atoms with E-state index in [2.05, 4.69) is 15.8 Å². The maximum atomic E-state index is 12.4. The van der Waals surface area contributed by atoms with Gasteiger partial charge in [0.25, 0.3) is 11.8 Å². The molecule has 2 rings (SSSR count). The highest BCUT2D eigenvalue weighted by molar-refractivity contribution is 6.30. The number of carbonyl (C=O) groups is 3. The molecule has 25 heavy (non-hydrogen) atoms. The molecule has 2 aromatic rings. The number of aromatic nitrogens is 1. The zero-order chi connectivity index (χ0) is 18.6. The minimum absolute atomic E-state index is 0.0959. The number of aromatic amines is 1. The van der Waals surface area contributed by atoms with Crippen LogP contribution in [0.5, 0.6) is 0 Å². The van der Waals surface area contributed by atoms with Gasteiger partial charge < -0.3 is 4.98 Å². The van der Waals surface area contributed by atoms with Crippen LogP contribution in [0.3, 0.4) is 0 Å². The van der Waals surface area contributed by atoms with Crippen molar-refractivity contribution in [3.05, 3.63) is 57.4 Å². The van der Waals surface area contributed by atoms with Gasteiger partial charge in [-0.05, 0) is 50.1 Å². The van der Waals surface area contributed by atoms with Crippen LogP contribution in [0.15, 0.2) is 24.3 Å². The van der Waals surface area contributed by atoms with Gasteiger partial charge in [-0.15, -0.1) is 0 Å². The Morgan fingerprint density at radius 1 is 1.08 bits per heavy atom. The van der Waals surface area contributed by atoms with Gasteiger partial charge in [0.1, 0.15) is 5.69 Å². The van der Waals surface area contributed by atoms with Crippen LogP contribution in [0, 0.1) is 6.92 Å². The second-order valence-electron chi connectivity index (χ2n) is 5.70. The number of halogens is 1. The molecule has 6 nitrogen and oxygen atoms in total. The Labute approximate surface area is 150 Å². The van der Waals surface area contributed by atoms with Crippen molar-refractivity contribution in [2.75, 3.05) is 0 Å². The molecular weight excluding hydrogens is 342 g/mol. The number of hydrogen-bond donors (Lipinski definition) is 3. The van der Waals surface area contributed by atoms with E-state index in [1.807, 2.05) is 6.92 Å². The van der Waals surface area contributed by atoms with Crippen LogP contribution >= 0.6 is 11.6 Å². The summed E-state index contributed by atoms with van der Waals surface area (Å²) in [5, 5.41) is 0.517. The third-order valence-electron chi connectivity index (χ3n) is 3.77. The molecule has 0 saturated carbocycles. The third kappa shape index (κ3) is 4.28. The van der Waals surface area contributed by atoms with Crippen LogP contribution in [0.2, 0.25) is 5.02 Å². The molecule has 0 radical (unpaired) electrons. The fourth-order valence-electron chi connectivity index (χ4n) is 2.70. The highest BCUT2D eigenvalue weighted by atomic mass is 35.5. The summed E-state index contributed by atoms with van der Waals surface area (Å²) >= 11 is 5.78. The number of rotatable bonds is 5. The van der Waals surface area contributed by atoms with Gasteiger partial charge in [-0.25, -0.2) is 0 Å². The lowest BCUT2D eigenvalue weighted by Gasteiger charge is -2.08. The zero-order valence-corrected chi connectivity index (χ0v) is 15.1. The summed E-state index contributed by atoms with van der Waals surface area (Å²) in [5.41, 5.74) is 7.25. The van der Waals surface area contributed by atoms with Crippen molar-refractivity contribution >= 4 is 29.2 Å². The fraction of sp³-hybridized carbons (Fsp3) is 0.278. The van der Waals surface area contributed by atoms with Crippen molar-refractivity contribution in [3.63, 3.8) is 0 Å². The predicted octanol–water partition coefficient (Wildman–Crippen LogP) is 3.21. The fourth-order valence-corrected chi connectivity index (χ4v) is 2.82. The first-order valence-electron chi connectivity index (χ1n) is 7.93. The van der Waals surface area contributed by atoms with Gasteiger partial charge in [-0.2, -0.15) is 0 Å². The second-order valence-corrected chi connectivity index (χ2v) is 6.14. The van der Waals surface area contributed by atoms with Gasteiger partial charge in [-0.3, -0.25) is 25.2 Å². The first-order valence-corrected chi connectivity index (χ1v) is 8.31. The molecule has 0 aliphatic carbocycles. The van der Waals surface area contributed by atoms with E-state index in [-0.39, 0.29) is 5.78 Å². The molecule has 0 bridgehead atoms. The van der Waals surface area contributed by atoms with Gasteiger partial charge in [-0.1, -0.05) is 24.9 Å². The standard InChI is InChI=1S/C18H20ClN3O3/c1-4-5-14-15(11(3)23)10(2)20-16(14)18(25)22-21-17(24)12-6-8-13(19)9-7-12/h6-9,20H,4-5H2,1-3H3,(H,21,24)(H,22,25). The quantitative estimate of drug-likeness (QED) is 0.564. The molecule has 1 aromatic carbocycles. The monoisotopic (exact) mass is 361 g/mol. The van der Waals surface area contributed by atoms with Gasteiger partial charge in [0.05, 0.1) is 0 Å². The number of hydrazine groups is 1. The van der Waals surface area contributed by atoms with Crippen molar-refractivity contribution in [1.29, 1.82) is 0 Å². The minimum Gasteiger partial charge on any atom is -0.354 e. The van der Waals surface area contributed by atoms with Crippen molar-refractivity contribution in [2.45, 2.75) is 33.6 Å². The van der Waals surface area contributed by atoms with Crippen molar-refractivity contribution in [2.24, 2.45) is 0 Å². The van der Waals surface area contributed by atoms with E-state index in [1.165, 1.54) is 6.92 Å². The normalized spacial score (nSPS) is 10.4.